The molecule has 0 aromatic heterocycles. The van der Waals surface area contributed by atoms with Crippen molar-refractivity contribution in [2.24, 2.45) is 0 Å². The van der Waals surface area contributed by atoms with Gasteiger partial charge in [-0.25, -0.2) is 4.39 Å². The summed E-state index contributed by atoms with van der Waals surface area (Å²) in [4.78, 5) is 12.6. The highest BCUT2D eigenvalue weighted by atomic mass is 79.9. The van der Waals surface area contributed by atoms with Gasteiger partial charge in [0.25, 0.3) is 5.91 Å². The van der Waals surface area contributed by atoms with Crippen LogP contribution in [0.3, 0.4) is 0 Å². The van der Waals surface area contributed by atoms with Crippen LogP contribution in [0.4, 0.5) is 10.1 Å². The van der Waals surface area contributed by atoms with Crippen LogP contribution in [0.5, 0.6) is 11.5 Å². The molecule has 0 unspecified atom stereocenters. The van der Waals surface area contributed by atoms with Gasteiger partial charge in [0.2, 0.25) is 0 Å². The Kier molecular flexibility index (Phi) is 8.94. The minimum Gasteiger partial charge on any atom is -0.490 e. The number of halogens is 4. The van der Waals surface area contributed by atoms with Crippen molar-refractivity contribution < 1.29 is 18.7 Å². The molecule has 5 nitrogen and oxygen atoms in total. The Morgan fingerprint density at radius 2 is 1.85 bits per heavy atom. The van der Waals surface area contributed by atoms with Gasteiger partial charge in [-0.1, -0.05) is 35.3 Å². The SMILES string of the molecule is CCOc1cc(/C=C(\C#N)C(=O)Nc2ccc(Cl)c(Cl)c2)cc(Br)c1OCc1ccc(F)cc1. The second-order valence-corrected chi connectivity index (χ2v) is 8.60. The molecule has 0 saturated heterocycles. The first kappa shape index (κ1) is 25.6. The van der Waals surface area contributed by atoms with E-state index in [1.807, 2.05) is 13.0 Å². The van der Waals surface area contributed by atoms with Crippen molar-refractivity contribution in [3.8, 4) is 17.6 Å². The highest BCUT2D eigenvalue weighted by Crippen LogP contribution is 2.38. The smallest absolute Gasteiger partial charge is 0.266 e. The Morgan fingerprint density at radius 3 is 2.50 bits per heavy atom. The number of carbonyl (C=O) groups is 1. The van der Waals surface area contributed by atoms with E-state index in [1.165, 1.54) is 24.3 Å². The maximum atomic E-state index is 13.1. The number of rotatable bonds is 8. The maximum Gasteiger partial charge on any atom is 0.266 e. The zero-order chi connectivity index (χ0) is 24.7. The first-order chi connectivity index (χ1) is 16.3. The predicted molar refractivity (Wildman–Crippen MR) is 135 cm³/mol. The van der Waals surface area contributed by atoms with E-state index in [9.17, 15) is 14.4 Å². The van der Waals surface area contributed by atoms with E-state index in [-0.39, 0.29) is 23.0 Å². The van der Waals surface area contributed by atoms with Crippen LogP contribution in [-0.2, 0) is 11.4 Å². The maximum absolute atomic E-state index is 13.1. The molecule has 9 heteroatoms. The average molecular weight is 564 g/mol. The lowest BCUT2D eigenvalue weighted by Gasteiger charge is -2.15. The van der Waals surface area contributed by atoms with Crippen molar-refractivity contribution in [2.75, 3.05) is 11.9 Å². The Morgan fingerprint density at radius 1 is 1.12 bits per heavy atom. The van der Waals surface area contributed by atoms with Crippen LogP contribution in [0.25, 0.3) is 6.08 Å². The van der Waals surface area contributed by atoms with E-state index in [0.717, 1.165) is 5.56 Å². The molecule has 0 atom stereocenters. The quantitative estimate of drug-likeness (QED) is 0.229. The molecular weight excluding hydrogens is 546 g/mol. The monoisotopic (exact) mass is 562 g/mol. The van der Waals surface area contributed by atoms with Crippen LogP contribution >= 0.6 is 39.1 Å². The Hall–Kier alpha value is -3.05. The molecule has 3 aromatic rings. The fourth-order valence-electron chi connectivity index (χ4n) is 2.90. The molecular formula is C25H18BrCl2FN2O3. The highest BCUT2D eigenvalue weighted by molar-refractivity contribution is 9.10. The van der Waals surface area contributed by atoms with Gasteiger partial charge in [-0.05, 0) is 82.5 Å². The minimum absolute atomic E-state index is 0.125. The molecule has 174 valence electrons. The molecule has 1 N–H and O–H groups in total. The number of nitrogens with zero attached hydrogens (tertiary/aromatic N) is 1. The summed E-state index contributed by atoms with van der Waals surface area (Å²) in [5.41, 5.74) is 1.61. The zero-order valence-corrected chi connectivity index (χ0v) is 21.0. The van der Waals surface area contributed by atoms with E-state index < -0.39 is 5.91 Å². The van der Waals surface area contributed by atoms with Gasteiger partial charge in [0, 0.05) is 5.69 Å². The molecule has 0 saturated carbocycles. The largest absolute Gasteiger partial charge is 0.490 e. The summed E-state index contributed by atoms with van der Waals surface area (Å²) in [6, 6.07) is 15.9. The molecule has 0 radical (unpaired) electrons. The first-order valence-electron chi connectivity index (χ1n) is 10.0. The Balaban J connectivity index is 1.84. The second-order valence-electron chi connectivity index (χ2n) is 6.93. The van der Waals surface area contributed by atoms with Crippen LogP contribution in [0.15, 0.2) is 64.6 Å². The van der Waals surface area contributed by atoms with Gasteiger partial charge >= 0.3 is 0 Å². The van der Waals surface area contributed by atoms with Crippen molar-refractivity contribution >= 4 is 56.8 Å². The lowest BCUT2D eigenvalue weighted by molar-refractivity contribution is -0.112. The molecule has 3 aromatic carbocycles. The number of anilines is 1. The van der Waals surface area contributed by atoms with Crippen molar-refractivity contribution in [3.63, 3.8) is 0 Å². The van der Waals surface area contributed by atoms with Crippen molar-refractivity contribution in [1.82, 2.24) is 0 Å². The summed E-state index contributed by atoms with van der Waals surface area (Å²) in [6.45, 7) is 2.39. The fraction of sp³-hybridized carbons (Fsp3) is 0.120. The van der Waals surface area contributed by atoms with E-state index in [4.69, 9.17) is 32.7 Å². The lowest BCUT2D eigenvalue weighted by atomic mass is 10.1. The molecule has 3 rings (SSSR count). The summed E-state index contributed by atoms with van der Waals surface area (Å²) in [5.74, 6) is -0.0614. The van der Waals surface area contributed by atoms with Gasteiger partial charge in [-0.3, -0.25) is 4.79 Å². The van der Waals surface area contributed by atoms with Crippen LogP contribution in [0.1, 0.15) is 18.1 Å². The van der Waals surface area contributed by atoms with Crippen LogP contribution in [0, 0.1) is 17.1 Å². The third-order valence-corrected chi connectivity index (χ3v) is 5.81. The normalized spacial score (nSPS) is 11.0. The molecule has 34 heavy (non-hydrogen) atoms. The van der Waals surface area contributed by atoms with Crippen molar-refractivity contribution in [1.29, 1.82) is 5.26 Å². The number of benzene rings is 3. The fourth-order valence-corrected chi connectivity index (χ4v) is 3.77. The number of carbonyl (C=O) groups excluding carboxylic acids is 1. The first-order valence-corrected chi connectivity index (χ1v) is 11.6. The van der Waals surface area contributed by atoms with Gasteiger partial charge < -0.3 is 14.8 Å². The third-order valence-electron chi connectivity index (χ3n) is 4.48. The molecule has 0 bridgehead atoms. The second kappa shape index (κ2) is 11.9. The van der Waals surface area contributed by atoms with Crippen molar-refractivity contribution in [2.45, 2.75) is 13.5 Å². The van der Waals surface area contributed by atoms with Crippen LogP contribution < -0.4 is 14.8 Å². The van der Waals surface area contributed by atoms with E-state index >= 15 is 0 Å². The summed E-state index contributed by atoms with van der Waals surface area (Å²) in [6.07, 6.45) is 1.43. The van der Waals surface area contributed by atoms with Gasteiger partial charge in [-0.15, -0.1) is 0 Å². The molecule has 0 fully saturated rings. The molecule has 0 aliphatic rings. The van der Waals surface area contributed by atoms with E-state index in [2.05, 4.69) is 21.2 Å². The summed E-state index contributed by atoms with van der Waals surface area (Å²) in [7, 11) is 0. The number of nitriles is 1. The Labute approximate surface area is 214 Å². The number of ether oxygens (including phenoxy) is 2. The summed E-state index contributed by atoms with van der Waals surface area (Å²) in [5, 5.41) is 12.8. The molecule has 0 heterocycles. The van der Waals surface area contributed by atoms with Gasteiger partial charge in [0.05, 0.1) is 21.1 Å². The predicted octanol–water partition coefficient (Wildman–Crippen LogP) is 7.42. The van der Waals surface area contributed by atoms with Gasteiger partial charge in [0.15, 0.2) is 11.5 Å². The number of hydrogen-bond donors (Lipinski definition) is 1. The van der Waals surface area contributed by atoms with E-state index in [0.29, 0.717) is 38.9 Å². The van der Waals surface area contributed by atoms with Crippen LogP contribution in [0.2, 0.25) is 10.0 Å². The number of amides is 1. The summed E-state index contributed by atoms with van der Waals surface area (Å²) >= 11 is 15.3. The van der Waals surface area contributed by atoms with E-state index in [1.54, 1.807) is 36.4 Å². The van der Waals surface area contributed by atoms with Gasteiger partial charge in [-0.2, -0.15) is 5.26 Å². The number of nitrogens with one attached hydrogen (secondary N) is 1. The molecule has 0 aliphatic heterocycles. The number of hydrogen-bond acceptors (Lipinski definition) is 4. The zero-order valence-electron chi connectivity index (χ0n) is 17.9. The average Bonchev–Trinajstić information content (AvgIpc) is 2.80. The third kappa shape index (κ3) is 6.73. The van der Waals surface area contributed by atoms with Crippen molar-refractivity contribution in [3.05, 3.63) is 91.6 Å². The topological polar surface area (TPSA) is 71.3 Å². The van der Waals surface area contributed by atoms with Gasteiger partial charge in [0.1, 0.15) is 24.1 Å². The lowest BCUT2D eigenvalue weighted by Crippen LogP contribution is -2.13. The molecule has 1 amide bonds. The Bertz CT molecular complexity index is 1270. The summed E-state index contributed by atoms with van der Waals surface area (Å²) < 4.78 is 25.3. The highest BCUT2D eigenvalue weighted by Gasteiger charge is 2.15. The van der Waals surface area contributed by atoms with Crippen LogP contribution in [-0.4, -0.2) is 12.5 Å². The molecule has 0 aliphatic carbocycles. The standard InChI is InChI=1S/C25H18BrCl2FN2O3/c1-2-33-23-11-16(10-20(26)24(23)34-14-15-3-5-18(29)6-4-15)9-17(13-30)25(32)31-19-7-8-21(27)22(28)12-19/h3-12H,2,14H2,1H3,(H,31,32)/b17-9+. The minimum atomic E-state index is -0.605. The molecule has 0 spiro atoms.